The predicted octanol–water partition coefficient (Wildman–Crippen LogP) is 4.58. The number of rotatable bonds is 5. The van der Waals surface area contributed by atoms with Crippen LogP contribution in [0.2, 0.25) is 0 Å². The Balaban J connectivity index is 1.14. The first kappa shape index (κ1) is 17.7. The van der Waals surface area contributed by atoms with Gasteiger partial charge in [0.25, 0.3) is 0 Å². The van der Waals surface area contributed by atoms with E-state index in [1.165, 1.54) is 27.8 Å². The van der Waals surface area contributed by atoms with Gasteiger partial charge in [-0.15, -0.1) is 0 Å². The van der Waals surface area contributed by atoms with E-state index in [1.54, 1.807) is 6.07 Å². The van der Waals surface area contributed by atoms with Gasteiger partial charge in [0, 0.05) is 54.8 Å². The van der Waals surface area contributed by atoms with Gasteiger partial charge in [-0.05, 0) is 54.6 Å². The van der Waals surface area contributed by atoms with Crippen LogP contribution in [0.5, 0.6) is 5.75 Å². The van der Waals surface area contributed by atoms with Crippen molar-refractivity contribution in [2.24, 2.45) is 0 Å². The van der Waals surface area contributed by atoms with E-state index in [2.05, 4.69) is 56.6 Å². The van der Waals surface area contributed by atoms with Crippen molar-refractivity contribution < 1.29 is 5.11 Å². The highest BCUT2D eigenvalue weighted by Gasteiger charge is 2.22. The fraction of sp³-hybridized carbons (Fsp3) is 0.304. The van der Waals surface area contributed by atoms with Crippen LogP contribution in [-0.4, -0.2) is 49.3 Å². The van der Waals surface area contributed by atoms with Crippen molar-refractivity contribution in [2.75, 3.05) is 48.5 Å². The van der Waals surface area contributed by atoms with Gasteiger partial charge in [0.1, 0.15) is 5.75 Å². The minimum absolute atomic E-state index is 0.346. The van der Waals surface area contributed by atoms with Gasteiger partial charge in [-0.2, -0.15) is 0 Å². The molecular formula is C23H25N3OS. The molecule has 1 N–H and O–H groups in total. The monoisotopic (exact) mass is 391 g/mol. The zero-order valence-corrected chi connectivity index (χ0v) is 16.7. The number of aromatic hydroxyl groups is 1. The summed E-state index contributed by atoms with van der Waals surface area (Å²) < 4.78 is 2.46. The summed E-state index contributed by atoms with van der Waals surface area (Å²) >= 11 is 1.88. The minimum atomic E-state index is 0.346. The average molecular weight is 392 g/mol. The average Bonchev–Trinajstić information content (AvgIpc) is 3.08. The van der Waals surface area contributed by atoms with Gasteiger partial charge >= 0.3 is 0 Å². The molecule has 0 atom stereocenters. The number of hydrogen-bond acceptors (Lipinski definition) is 5. The van der Waals surface area contributed by atoms with Crippen LogP contribution in [0.15, 0.2) is 65.6 Å². The molecular weight excluding hydrogens is 366 g/mol. The molecule has 0 saturated carbocycles. The van der Waals surface area contributed by atoms with Crippen LogP contribution in [0.25, 0.3) is 10.8 Å². The fourth-order valence-corrected chi connectivity index (χ4v) is 5.42. The van der Waals surface area contributed by atoms with Crippen molar-refractivity contribution in [3.8, 4) is 5.75 Å². The normalized spacial score (nSPS) is 16.9. The van der Waals surface area contributed by atoms with Crippen molar-refractivity contribution in [1.82, 2.24) is 4.90 Å². The largest absolute Gasteiger partial charge is 0.508 e. The topological polar surface area (TPSA) is 30.0 Å². The zero-order chi connectivity index (χ0) is 18.9. The van der Waals surface area contributed by atoms with Crippen LogP contribution in [0.4, 0.5) is 11.4 Å². The molecule has 2 heterocycles. The number of nitrogens with zero attached hydrogens (tertiary/aromatic N) is 3. The molecule has 5 rings (SSSR count). The second-order valence-corrected chi connectivity index (χ2v) is 8.59. The quantitative estimate of drug-likeness (QED) is 0.643. The van der Waals surface area contributed by atoms with Gasteiger partial charge in [-0.25, -0.2) is 0 Å². The fourth-order valence-electron chi connectivity index (χ4n) is 4.26. The summed E-state index contributed by atoms with van der Waals surface area (Å²) in [6.07, 6.45) is 1.17. The molecule has 0 bridgehead atoms. The Morgan fingerprint density at radius 2 is 1.64 bits per heavy atom. The second-order valence-electron chi connectivity index (χ2n) is 7.53. The Labute approximate surface area is 170 Å². The number of benzene rings is 3. The number of piperazine rings is 1. The van der Waals surface area contributed by atoms with E-state index in [-0.39, 0.29) is 0 Å². The summed E-state index contributed by atoms with van der Waals surface area (Å²) in [6, 6.07) is 20.8. The number of phenols is 1. The van der Waals surface area contributed by atoms with E-state index < -0.39 is 0 Å². The van der Waals surface area contributed by atoms with Gasteiger partial charge in [-0.1, -0.05) is 30.3 Å². The lowest BCUT2D eigenvalue weighted by Gasteiger charge is -2.36. The Bertz CT molecular complexity index is 979. The van der Waals surface area contributed by atoms with Crippen LogP contribution in [-0.2, 0) is 0 Å². The van der Waals surface area contributed by atoms with E-state index in [4.69, 9.17) is 0 Å². The third-order valence-corrected chi connectivity index (χ3v) is 6.86. The van der Waals surface area contributed by atoms with Crippen LogP contribution < -0.4 is 9.21 Å². The molecule has 1 saturated heterocycles. The summed E-state index contributed by atoms with van der Waals surface area (Å²) in [5.74, 6) is 0.346. The molecule has 2 aliphatic heterocycles. The van der Waals surface area contributed by atoms with Crippen LogP contribution >= 0.6 is 11.9 Å². The lowest BCUT2D eigenvalue weighted by atomic mass is 10.1. The Hall–Kier alpha value is -2.37. The molecule has 1 fully saturated rings. The summed E-state index contributed by atoms with van der Waals surface area (Å²) in [4.78, 5) is 6.31. The highest BCUT2D eigenvalue weighted by Crippen LogP contribution is 2.45. The lowest BCUT2D eigenvalue weighted by Crippen LogP contribution is -2.46. The van der Waals surface area contributed by atoms with E-state index in [1.807, 2.05) is 24.1 Å². The van der Waals surface area contributed by atoms with Crippen LogP contribution in [0, 0.1) is 0 Å². The van der Waals surface area contributed by atoms with Crippen LogP contribution in [0.3, 0.4) is 0 Å². The number of anilines is 2. The third-order valence-electron chi connectivity index (χ3n) is 5.72. The maximum Gasteiger partial charge on any atom is 0.117 e. The highest BCUT2D eigenvalue weighted by atomic mass is 32.2. The molecule has 0 aromatic heterocycles. The van der Waals surface area contributed by atoms with E-state index in [0.717, 1.165) is 45.0 Å². The van der Waals surface area contributed by atoms with E-state index >= 15 is 0 Å². The molecule has 3 aromatic carbocycles. The number of hydrogen-bond donors (Lipinski definition) is 1. The Kier molecular flexibility index (Phi) is 4.79. The second kappa shape index (κ2) is 7.57. The van der Waals surface area contributed by atoms with Gasteiger partial charge in [-0.3, -0.25) is 4.90 Å². The summed E-state index contributed by atoms with van der Waals surface area (Å²) in [6.45, 7) is 6.42. The first-order valence-electron chi connectivity index (χ1n) is 10.0. The van der Waals surface area contributed by atoms with Crippen molar-refractivity contribution >= 4 is 34.1 Å². The molecule has 0 amide bonds. The molecule has 28 heavy (non-hydrogen) atoms. The van der Waals surface area contributed by atoms with Gasteiger partial charge < -0.3 is 14.3 Å². The van der Waals surface area contributed by atoms with Crippen molar-refractivity contribution in [3.63, 3.8) is 0 Å². The summed E-state index contributed by atoms with van der Waals surface area (Å²) in [7, 11) is 0. The molecule has 0 aliphatic carbocycles. The Morgan fingerprint density at radius 1 is 0.857 bits per heavy atom. The predicted molar refractivity (Wildman–Crippen MR) is 119 cm³/mol. The molecule has 2 aliphatic rings. The molecule has 0 unspecified atom stereocenters. The van der Waals surface area contributed by atoms with Gasteiger partial charge in [0.2, 0.25) is 0 Å². The van der Waals surface area contributed by atoms with Gasteiger partial charge in [0.05, 0.1) is 5.69 Å². The molecule has 5 heteroatoms. The number of phenolic OH excluding ortho intramolecular Hbond substituents is 1. The van der Waals surface area contributed by atoms with Gasteiger partial charge in [0.15, 0.2) is 0 Å². The molecule has 0 radical (unpaired) electrons. The maximum atomic E-state index is 9.69. The zero-order valence-electron chi connectivity index (χ0n) is 15.9. The van der Waals surface area contributed by atoms with Crippen molar-refractivity contribution in [1.29, 1.82) is 0 Å². The van der Waals surface area contributed by atoms with E-state index in [9.17, 15) is 5.11 Å². The summed E-state index contributed by atoms with van der Waals surface area (Å²) in [5.41, 5.74) is 2.49. The Morgan fingerprint density at radius 3 is 2.46 bits per heavy atom. The minimum Gasteiger partial charge on any atom is -0.508 e. The molecule has 4 nitrogen and oxygen atoms in total. The van der Waals surface area contributed by atoms with E-state index in [0.29, 0.717) is 5.75 Å². The van der Waals surface area contributed by atoms with Crippen molar-refractivity contribution in [2.45, 2.75) is 11.3 Å². The molecule has 3 aromatic rings. The summed E-state index contributed by atoms with van der Waals surface area (Å²) in [5, 5.41) is 12.4. The van der Waals surface area contributed by atoms with Crippen LogP contribution in [0.1, 0.15) is 6.42 Å². The van der Waals surface area contributed by atoms with Crippen molar-refractivity contribution in [3.05, 3.63) is 60.7 Å². The smallest absolute Gasteiger partial charge is 0.117 e. The maximum absolute atomic E-state index is 9.69. The standard InChI is InChI=1S/C23H25N3OS/c27-20-8-3-7-19(17-20)25-15-13-24(14-16-25)11-4-12-26-21-9-1-5-18-6-2-10-22(28-26)23(18)21/h1-3,5-10,17,27H,4,11-16H2. The SMILES string of the molecule is Oc1cccc(N2CCN(CCCN3Sc4cccc5cccc3c45)CC2)c1. The molecule has 144 valence electrons. The lowest BCUT2D eigenvalue weighted by molar-refractivity contribution is 0.256. The molecule has 0 spiro atoms. The third kappa shape index (κ3) is 3.40. The first-order chi connectivity index (χ1) is 13.8. The highest BCUT2D eigenvalue weighted by molar-refractivity contribution is 8.01. The first-order valence-corrected chi connectivity index (χ1v) is 10.8.